The van der Waals surface area contributed by atoms with E-state index in [1.807, 2.05) is 24.3 Å². The van der Waals surface area contributed by atoms with Crippen LogP contribution in [0.15, 0.2) is 41.1 Å². The molecule has 0 radical (unpaired) electrons. The lowest BCUT2D eigenvalue weighted by atomic mass is 10.2. The normalized spacial score (nSPS) is 18.7. The van der Waals surface area contributed by atoms with Gasteiger partial charge in [0.05, 0.1) is 5.52 Å². The molecule has 0 spiro atoms. The van der Waals surface area contributed by atoms with Gasteiger partial charge in [-0.15, -0.1) is 0 Å². The first kappa shape index (κ1) is 17.2. The quantitative estimate of drug-likeness (QED) is 0.744. The van der Waals surface area contributed by atoms with Gasteiger partial charge in [0.1, 0.15) is 18.5 Å². The van der Waals surface area contributed by atoms with E-state index >= 15 is 0 Å². The SMILES string of the molecule is Nc1nc(OCC2CN(Cc3ccsc3)CCCO2)nc2ccccc12. The summed E-state index contributed by atoms with van der Waals surface area (Å²) in [6.45, 7) is 3.97. The van der Waals surface area contributed by atoms with Gasteiger partial charge in [-0.2, -0.15) is 21.3 Å². The summed E-state index contributed by atoms with van der Waals surface area (Å²) in [5, 5.41) is 5.15. The highest BCUT2D eigenvalue weighted by molar-refractivity contribution is 7.07. The number of anilines is 1. The van der Waals surface area contributed by atoms with E-state index in [0.717, 1.165) is 43.6 Å². The van der Waals surface area contributed by atoms with Gasteiger partial charge in [0.25, 0.3) is 0 Å². The minimum atomic E-state index is -0.00701. The van der Waals surface area contributed by atoms with Crippen LogP contribution in [0, 0.1) is 0 Å². The molecule has 3 aromatic rings. The van der Waals surface area contributed by atoms with Crippen LogP contribution in [0.3, 0.4) is 0 Å². The number of thiophene rings is 1. The van der Waals surface area contributed by atoms with E-state index < -0.39 is 0 Å². The molecule has 2 N–H and O–H groups in total. The molecule has 26 heavy (non-hydrogen) atoms. The van der Waals surface area contributed by atoms with Crippen LogP contribution in [0.2, 0.25) is 0 Å². The number of benzene rings is 1. The molecule has 1 aliphatic heterocycles. The number of nitrogen functional groups attached to an aromatic ring is 1. The average molecular weight is 370 g/mol. The number of aromatic nitrogens is 2. The Labute approximate surface area is 156 Å². The third-order valence-corrected chi connectivity index (χ3v) is 5.16. The lowest BCUT2D eigenvalue weighted by molar-refractivity contribution is 0.0179. The maximum Gasteiger partial charge on any atom is 0.319 e. The van der Waals surface area contributed by atoms with Crippen LogP contribution in [0.4, 0.5) is 5.82 Å². The fourth-order valence-electron chi connectivity index (χ4n) is 3.17. The number of hydrogen-bond donors (Lipinski definition) is 1. The first-order chi connectivity index (χ1) is 12.8. The Kier molecular flexibility index (Phi) is 5.29. The highest BCUT2D eigenvalue weighted by atomic mass is 32.1. The second-order valence-corrected chi connectivity index (χ2v) is 7.21. The molecule has 1 unspecified atom stereocenters. The molecule has 2 aromatic heterocycles. The summed E-state index contributed by atoms with van der Waals surface area (Å²) >= 11 is 1.73. The predicted octanol–water partition coefficient (Wildman–Crippen LogP) is 2.94. The smallest absolute Gasteiger partial charge is 0.319 e. The molecule has 7 heteroatoms. The Balaban J connectivity index is 1.40. The molecule has 136 valence electrons. The zero-order chi connectivity index (χ0) is 17.8. The Bertz CT molecular complexity index is 856. The van der Waals surface area contributed by atoms with Crippen molar-refractivity contribution in [3.05, 3.63) is 46.7 Å². The molecular weight excluding hydrogens is 348 g/mol. The van der Waals surface area contributed by atoms with E-state index in [9.17, 15) is 0 Å². The molecule has 0 saturated carbocycles. The minimum Gasteiger partial charge on any atom is -0.461 e. The molecule has 0 bridgehead atoms. The van der Waals surface area contributed by atoms with Crippen molar-refractivity contribution >= 4 is 28.1 Å². The van der Waals surface area contributed by atoms with E-state index in [4.69, 9.17) is 15.2 Å². The van der Waals surface area contributed by atoms with Crippen molar-refractivity contribution in [2.24, 2.45) is 0 Å². The number of ether oxygens (including phenoxy) is 2. The standard InChI is InChI=1S/C19H22N4O2S/c20-18-16-4-1-2-5-17(16)21-19(22-18)25-12-15-11-23(7-3-8-24-15)10-14-6-9-26-13-14/h1-2,4-6,9,13,15H,3,7-8,10-12H2,(H2,20,21,22). The number of rotatable bonds is 5. The molecule has 1 fully saturated rings. The van der Waals surface area contributed by atoms with Gasteiger partial charge in [0.2, 0.25) is 0 Å². The van der Waals surface area contributed by atoms with Crippen LogP contribution in [-0.4, -0.2) is 47.3 Å². The zero-order valence-corrected chi connectivity index (χ0v) is 15.3. The number of hydrogen-bond acceptors (Lipinski definition) is 7. The van der Waals surface area contributed by atoms with Crippen LogP contribution in [0.5, 0.6) is 6.01 Å². The highest BCUT2D eigenvalue weighted by Gasteiger charge is 2.20. The second-order valence-electron chi connectivity index (χ2n) is 6.43. The highest BCUT2D eigenvalue weighted by Crippen LogP contribution is 2.20. The molecular formula is C19H22N4O2S. The molecule has 1 aliphatic rings. The number of nitrogens with zero attached hydrogens (tertiary/aromatic N) is 3. The zero-order valence-electron chi connectivity index (χ0n) is 14.5. The van der Waals surface area contributed by atoms with Gasteiger partial charge in [-0.1, -0.05) is 12.1 Å². The molecule has 1 aromatic carbocycles. The maximum atomic E-state index is 6.02. The van der Waals surface area contributed by atoms with Crippen LogP contribution < -0.4 is 10.5 Å². The van der Waals surface area contributed by atoms with Crippen molar-refractivity contribution in [1.82, 2.24) is 14.9 Å². The summed E-state index contributed by atoms with van der Waals surface area (Å²) in [6, 6.07) is 10.1. The topological polar surface area (TPSA) is 73.5 Å². The van der Waals surface area contributed by atoms with Crippen LogP contribution in [0.25, 0.3) is 10.9 Å². The van der Waals surface area contributed by atoms with Gasteiger partial charge >= 0.3 is 6.01 Å². The first-order valence-electron chi connectivity index (χ1n) is 8.78. The van der Waals surface area contributed by atoms with Crippen molar-refractivity contribution in [3.8, 4) is 6.01 Å². The summed E-state index contributed by atoms with van der Waals surface area (Å²) in [5.74, 6) is 0.437. The summed E-state index contributed by atoms with van der Waals surface area (Å²) in [6.07, 6.45) is 1.02. The first-order valence-corrected chi connectivity index (χ1v) is 9.72. The molecule has 6 nitrogen and oxygen atoms in total. The van der Waals surface area contributed by atoms with Crippen molar-refractivity contribution in [2.75, 3.05) is 32.0 Å². The maximum absolute atomic E-state index is 6.02. The monoisotopic (exact) mass is 370 g/mol. The van der Waals surface area contributed by atoms with E-state index in [1.165, 1.54) is 5.56 Å². The van der Waals surface area contributed by atoms with Crippen molar-refractivity contribution in [2.45, 2.75) is 19.1 Å². The number of para-hydroxylation sites is 1. The van der Waals surface area contributed by atoms with Crippen molar-refractivity contribution in [1.29, 1.82) is 0 Å². The molecule has 1 saturated heterocycles. The molecule has 1 atom stereocenters. The van der Waals surface area contributed by atoms with Crippen molar-refractivity contribution < 1.29 is 9.47 Å². The molecule has 3 heterocycles. The van der Waals surface area contributed by atoms with Gasteiger partial charge in [-0.05, 0) is 40.9 Å². The fraction of sp³-hybridized carbons (Fsp3) is 0.368. The van der Waals surface area contributed by atoms with Gasteiger partial charge in [-0.25, -0.2) is 0 Å². The van der Waals surface area contributed by atoms with Gasteiger partial charge in [0, 0.05) is 31.6 Å². The molecule has 0 amide bonds. The number of nitrogens with two attached hydrogens (primary N) is 1. The van der Waals surface area contributed by atoms with Crippen LogP contribution in [0.1, 0.15) is 12.0 Å². The Hall–Kier alpha value is -2.22. The summed E-state index contributed by atoms with van der Waals surface area (Å²) in [5.41, 5.74) is 8.16. The second kappa shape index (κ2) is 7.99. The van der Waals surface area contributed by atoms with E-state index in [-0.39, 0.29) is 6.10 Å². The van der Waals surface area contributed by atoms with E-state index in [0.29, 0.717) is 18.4 Å². The average Bonchev–Trinajstić information content (AvgIpc) is 3.05. The summed E-state index contributed by atoms with van der Waals surface area (Å²) < 4.78 is 11.8. The van der Waals surface area contributed by atoms with Crippen molar-refractivity contribution in [3.63, 3.8) is 0 Å². The number of fused-ring (bicyclic) bond motifs is 1. The molecule has 0 aliphatic carbocycles. The Morgan fingerprint density at radius 3 is 3.08 bits per heavy atom. The fourth-order valence-corrected chi connectivity index (χ4v) is 3.83. The van der Waals surface area contributed by atoms with E-state index in [1.54, 1.807) is 11.3 Å². The van der Waals surface area contributed by atoms with Gasteiger partial charge in [0.15, 0.2) is 0 Å². The van der Waals surface area contributed by atoms with Crippen LogP contribution in [-0.2, 0) is 11.3 Å². The predicted molar refractivity (Wildman–Crippen MR) is 103 cm³/mol. The third-order valence-electron chi connectivity index (χ3n) is 4.43. The largest absolute Gasteiger partial charge is 0.461 e. The lowest BCUT2D eigenvalue weighted by Gasteiger charge is -2.23. The van der Waals surface area contributed by atoms with Gasteiger partial charge < -0.3 is 15.2 Å². The Morgan fingerprint density at radius 1 is 1.27 bits per heavy atom. The minimum absolute atomic E-state index is 0.00701. The Morgan fingerprint density at radius 2 is 2.19 bits per heavy atom. The van der Waals surface area contributed by atoms with E-state index in [2.05, 4.69) is 31.7 Å². The summed E-state index contributed by atoms with van der Waals surface area (Å²) in [7, 11) is 0. The third kappa shape index (κ3) is 4.12. The van der Waals surface area contributed by atoms with Gasteiger partial charge in [-0.3, -0.25) is 4.90 Å². The van der Waals surface area contributed by atoms with Crippen LogP contribution >= 0.6 is 11.3 Å². The molecule has 4 rings (SSSR count). The summed E-state index contributed by atoms with van der Waals surface area (Å²) in [4.78, 5) is 11.1. The lowest BCUT2D eigenvalue weighted by Crippen LogP contribution is -2.35.